The van der Waals surface area contributed by atoms with Crippen molar-refractivity contribution in [1.29, 1.82) is 0 Å². The molecule has 1 aliphatic heterocycles. The highest BCUT2D eigenvalue weighted by Gasteiger charge is 2.32. The zero-order valence-corrected chi connectivity index (χ0v) is 20.9. The van der Waals surface area contributed by atoms with E-state index in [0.29, 0.717) is 30.4 Å². The first-order valence-electron chi connectivity index (χ1n) is 11.0. The van der Waals surface area contributed by atoms with E-state index in [0.717, 1.165) is 38.6 Å². The molecular weight excluding hydrogens is 533 g/mol. The van der Waals surface area contributed by atoms with E-state index in [9.17, 15) is 13.6 Å². The number of hydrogen-bond acceptors (Lipinski definition) is 4. The zero-order valence-electron chi connectivity index (χ0n) is 18.6. The van der Waals surface area contributed by atoms with Gasteiger partial charge in [0.15, 0.2) is 5.96 Å². The molecule has 1 aliphatic carbocycles. The van der Waals surface area contributed by atoms with E-state index in [4.69, 9.17) is 4.74 Å². The maximum absolute atomic E-state index is 12.8. The normalized spacial score (nSPS) is 19.1. The quantitative estimate of drug-likeness (QED) is 0.285. The van der Waals surface area contributed by atoms with Crippen LogP contribution in [0.3, 0.4) is 0 Å². The number of guanidine groups is 1. The van der Waals surface area contributed by atoms with Crippen molar-refractivity contribution in [2.24, 2.45) is 10.9 Å². The molecule has 0 aromatic heterocycles. The molecule has 2 aliphatic rings. The molecule has 1 saturated heterocycles. The lowest BCUT2D eigenvalue weighted by atomic mass is 10.1. The van der Waals surface area contributed by atoms with Gasteiger partial charge in [0, 0.05) is 43.2 Å². The monoisotopic (exact) mass is 566 g/mol. The molecule has 1 atom stereocenters. The van der Waals surface area contributed by atoms with Gasteiger partial charge in [-0.15, -0.1) is 24.0 Å². The van der Waals surface area contributed by atoms with Crippen molar-refractivity contribution in [3.8, 4) is 11.5 Å². The third kappa shape index (κ3) is 7.35. The van der Waals surface area contributed by atoms with Crippen LogP contribution < -0.4 is 20.1 Å². The number of nitrogens with one attached hydrogen (secondary N) is 2. The van der Waals surface area contributed by atoms with Crippen molar-refractivity contribution >= 4 is 35.8 Å². The third-order valence-electron chi connectivity index (χ3n) is 5.79. The molecule has 1 amide bonds. The van der Waals surface area contributed by atoms with Crippen molar-refractivity contribution in [3.63, 3.8) is 0 Å². The standard InChI is InChI=1S/C22H32F2N4O3.HI/c1-3-25-22(26-13-16-8-9-18(30-2)12-19(16)31-21(23)24)27-17-10-11-28(14-17)20(29)15-6-4-5-7-15;/h8-9,12,15,17,21H,3-7,10-11,13-14H2,1-2H3,(H2,25,26,27);1H. The molecule has 1 unspecified atom stereocenters. The van der Waals surface area contributed by atoms with E-state index in [1.54, 1.807) is 12.1 Å². The molecule has 0 spiro atoms. The predicted molar refractivity (Wildman–Crippen MR) is 130 cm³/mol. The van der Waals surface area contributed by atoms with Crippen LogP contribution in [0.15, 0.2) is 23.2 Å². The van der Waals surface area contributed by atoms with Gasteiger partial charge in [-0.1, -0.05) is 12.8 Å². The fourth-order valence-electron chi connectivity index (χ4n) is 4.18. The van der Waals surface area contributed by atoms with E-state index in [2.05, 4.69) is 20.4 Å². The van der Waals surface area contributed by atoms with Crippen LogP contribution in [0.4, 0.5) is 8.78 Å². The molecule has 3 rings (SSSR count). The van der Waals surface area contributed by atoms with Crippen LogP contribution in [0.2, 0.25) is 0 Å². The zero-order chi connectivity index (χ0) is 22.2. The Labute approximate surface area is 205 Å². The van der Waals surface area contributed by atoms with E-state index in [1.807, 2.05) is 11.8 Å². The number of hydrogen-bond donors (Lipinski definition) is 2. The summed E-state index contributed by atoms with van der Waals surface area (Å²) in [6.07, 6.45) is 5.15. The summed E-state index contributed by atoms with van der Waals surface area (Å²) in [5.41, 5.74) is 0.530. The minimum atomic E-state index is -2.93. The average molecular weight is 566 g/mol. The van der Waals surface area contributed by atoms with Gasteiger partial charge in [-0.05, 0) is 38.3 Å². The van der Waals surface area contributed by atoms with Gasteiger partial charge < -0.3 is 25.0 Å². The molecule has 1 heterocycles. The first-order valence-corrected chi connectivity index (χ1v) is 11.0. The Balaban J connectivity index is 0.00000363. The van der Waals surface area contributed by atoms with Crippen LogP contribution >= 0.6 is 24.0 Å². The number of halogens is 3. The summed E-state index contributed by atoms with van der Waals surface area (Å²) >= 11 is 0. The second-order valence-corrected chi connectivity index (χ2v) is 7.94. The van der Waals surface area contributed by atoms with Gasteiger partial charge >= 0.3 is 6.61 Å². The lowest BCUT2D eigenvalue weighted by molar-refractivity contribution is -0.134. The number of amides is 1. The van der Waals surface area contributed by atoms with Gasteiger partial charge in [0.25, 0.3) is 0 Å². The summed E-state index contributed by atoms with van der Waals surface area (Å²) in [6.45, 7) is 1.26. The van der Waals surface area contributed by atoms with Gasteiger partial charge in [-0.25, -0.2) is 4.99 Å². The number of carbonyl (C=O) groups is 1. The Kier molecular flexibility index (Phi) is 10.7. The highest BCUT2D eigenvalue weighted by Crippen LogP contribution is 2.28. The van der Waals surface area contributed by atoms with Gasteiger partial charge in [-0.2, -0.15) is 8.78 Å². The molecule has 10 heteroatoms. The van der Waals surface area contributed by atoms with E-state index < -0.39 is 6.61 Å². The Morgan fingerprint density at radius 3 is 2.69 bits per heavy atom. The van der Waals surface area contributed by atoms with Gasteiger partial charge in [0.1, 0.15) is 11.5 Å². The van der Waals surface area contributed by atoms with Crippen LogP contribution in [-0.4, -0.2) is 56.2 Å². The highest BCUT2D eigenvalue weighted by molar-refractivity contribution is 14.0. The SMILES string of the molecule is CCNC(=NCc1ccc(OC)cc1OC(F)F)NC1CCN(C(=O)C2CCCC2)C1.I. The Hall–Kier alpha value is -1.85. The Morgan fingerprint density at radius 2 is 2.03 bits per heavy atom. The number of aliphatic imine (C=N–C) groups is 1. The van der Waals surface area contributed by atoms with E-state index >= 15 is 0 Å². The number of ether oxygens (including phenoxy) is 2. The molecule has 32 heavy (non-hydrogen) atoms. The summed E-state index contributed by atoms with van der Waals surface area (Å²) < 4.78 is 35.3. The largest absolute Gasteiger partial charge is 0.497 e. The second-order valence-electron chi connectivity index (χ2n) is 7.94. The van der Waals surface area contributed by atoms with Gasteiger partial charge in [0.2, 0.25) is 5.91 Å². The maximum atomic E-state index is 12.8. The summed E-state index contributed by atoms with van der Waals surface area (Å²) in [6, 6.07) is 4.89. The lowest BCUT2D eigenvalue weighted by Gasteiger charge is -2.21. The maximum Gasteiger partial charge on any atom is 0.387 e. The number of alkyl halides is 2. The average Bonchev–Trinajstić information content (AvgIpc) is 3.44. The molecule has 2 fully saturated rings. The molecular formula is C22H33F2IN4O3. The van der Waals surface area contributed by atoms with Crippen molar-refractivity contribution in [3.05, 3.63) is 23.8 Å². The fraction of sp³-hybridized carbons (Fsp3) is 0.636. The van der Waals surface area contributed by atoms with Gasteiger partial charge in [0.05, 0.1) is 13.7 Å². The third-order valence-corrected chi connectivity index (χ3v) is 5.79. The first kappa shape index (κ1) is 26.4. The molecule has 7 nitrogen and oxygen atoms in total. The molecule has 1 aromatic rings. The summed E-state index contributed by atoms with van der Waals surface area (Å²) in [5, 5.41) is 6.56. The van der Waals surface area contributed by atoms with Crippen LogP contribution in [-0.2, 0) is 11.3 Å². The van der Waals surface area contributed by atoms with Gasteiger partial charge in [-0.3, -0.25) is 4.79 Å². The predicted octanol–water partition coefficient (Wildman–Crippen LogP) is 3.76. The lowest BCUT2D eigenvalue weighted by Crippen LogP contribution is -2.45. The van der Waals surface area contributed by atoms with Crippen LogP contribution in [0.1, 0.15) is 44.6 Å². The first-order chi connectivity index (χ1) is 15.0. The van der Waals surface area contributed by atoms with E-state index in [-0.39, 0.29) is 54.1 Å². The van der Waals surface area contributed by atoms with Crippen LogP contribution in [0, 0.1) is 5.92 Å². The minimum Gasteiger partial charge on any atom is -0.497 e. The van der Waals surface area contributed by atoms with Crippen molar-refractivity contribution in [2.45, 2.75) is 58.2 Å². The summed E-state index contributed by atoms with van der Waals surface area (Å²) in [5.74, 6) is 1.52. The highest BCUT2D eigenvalue weighted by atomic mass is 127. The van der Waals surface area contributed by atoms with Crippen molar-refractivity contribution in [1.82, 2.24) is 15.5 Å². The minimum absolute atomic E-state index is 0. The Morgan fingerprint density at radius 1 is 1.28 bits per heavy atom. The molecule has 180 valence electrons. The number of carbonyl (C=O) groups excluding carboxylic acids is 1. The number of methoxy groups -OCH3 is 1. The number of rotatable bonds is 8. The fourth-order valence-corrected chi connectivity index (χ4v) is 4.18. The van der Waals surface area contributed by atoms with Crippen LogP contribution in [0.5, 0.6) is 11.5 Å². The molecule has 0 radical (unpaired) electrons. The Bertz CT molecular complexity index is 776. The topological polar surface area (TPSA) is 75.2 Å². The summed E-state index contributed by atoms with van der Waals surface area (Å²) in [7, 11) is 1.47. The van der Waals surface area contributed by atoms with Crippen LogP contribution in [0.25, 0.3) is 0 Å². The molecule has 1 saturated carbocycles. The van der Waals surface area contributed by atoms with Crippen molar-refractivity contribution in [2.75, 3.05) is 26.7 Å². The molecule has 0 bridgehead atoms. The number of likely N-dealkylation sites (tertiary alicyclic amines) is 1. The van der Waals surface area contributed by atoms with Crippen molar-refractivity contribution < 1.29 is 23.0 Å². The summed E-state index contributed by atoms with van der Waals surface area (Å²) in [4.78, 5) is 19.2. The van der Waals surface area contributed by atoms with E-state index in [1.165, 1.54) is 13.2 Å². The second kappa shape index (κ2) is 13.0. The molecule has 2 N–H and O–H groups in total. The number of nitrogens with zero attached hydrogens (tertiary/aromatic N) is 2. The smallest absolute Gasteiger partial charge is 0.387 e. The molecule has 1 aromatic carbocycles. The number of benzene rings is 1.